The summed E-state index contributed by atoms with van der Waals surface area (Å²) in [7, 11) is 0. The van der Waals surface area contributed by atoms with Crippen LogP contribution >= 0.6 is 11.8 Å². The van der Waals surface area contributed by atoms with E-state index in [0.717, 1.165) is 9.92 Å². The molecule has 1 aromatic heterocycles. The van der Waals surface area contributed by atoms with Gasteiger partial charge in [-0.1, -0.05) is 30.0 Å². The van der Waals surface area contributed by atoms with E-state index in [9.17, 15) is 9.18 Å². The van der Waals surface area contributed by atoms with Gasteiger partial charge in [-0.2, -0.15) is 5.10 Å². The highest BCUT2D eigenvalue weighted by atomic mass is 32.2. The van der Waals surface area contributed by atoms with Crippen LogP contribution in [0.5, 0.6) is 0 Å². The molecular weight excluding hydrogens is 313 g/mol. The van der Waals surface area contributed by atoms with E-state index in [4.69, 9.17) is 0 Å². The molecule has 6 heteroatoms. The first-order valence-corrected chi connectivity index (χ1v) is 7.79. The van der Waals surface area contributed by atoms with E-state index in [1.165, 1.54) is 30.8 Å². The summed E-state index contributed by atoms with van der Waals surface area (Å²) in [5.41, 5.74) is 0.754. The third-order valence-corrected chi connectivity index (χ3v) is 3.99. The Balaban J connectivity index is 1.80. The van der Waals surface area contributed by atoms with Gasteiger partial charge in [-0.3, -0.25) is 4.79 Å². The van der Waals surface area contributed by atoms with Crippen LogP contribution in [0.3, 0.4) is 0 Å². The summed E-state index contributed by atoms with van der Waals surface area (Å²) < 4.78 is 15.6. The number of amides is 1. The van der Waals surface area contributed by atoms with Crippen molar-refractivity contribution in [3.63, 3.8) is 0 Å². The number of nitrogens with one attached hydrogen (secondary N) is 1. The van der Waals surface area contributed by atoms with Crippen molar-refractivity contribution < 1.29 is 9.18 Å². The average molecular weight is 327 g/mol. The van der Waals surface area contributed by atoms with Gasteiger partial charge in [0, 0.05) is 24.1 Å². The molecule has 3 aromatic rings. The molecule has 0 radical (unpaired) electrons. The highest BCUT2D eigenvalue weighted by molar-refractivity contribution is 7.99. The molecule has 0 aliphatic carbocycles. The van der Waals surface area contributed by atoms with E-state index in [-0.39, 0.29) is 11.6 Å². The van der Waals surface area contributed by atoms with Gasteiger partial charge in [-0.25, -0.2) is 9.07 Å². The largest absolute Gasteiger partial charge is 0.324 e. The van der Waals surface area contributed by atoms with Crippen molar-refractivity contribution in [3.05, 3.63) is 66.6 Å². The first-order chi connectivity index (χ1) is 11.1. The monoisotopic (exact) mass is 327 g/mol. The minimum absolute atomic E-state index is 0.160. The van der Waals surface area contributed by atoms with Crippen molar-refractivity contribution in [2.45, 2.75) is 16.8 Å². The summed E-state index contributed by atoms with van der Waals surface area (Å²) >= 11 is 1.54. The second kappa shape index (κ2) is 6.66. The fraction of sp³-hybridized carbons (Fsp3) is 0.0588. The highest BCUT2D eigenvalue weighted by Crippen LogP contribution is 2.26. The van der Waals surface area contributed by atoms with E-state index < -0.39 is 5.82 Å². The minimum Gasteiger partial charge on any atom is -0.324 e. The fourth-order valence-electron chi connectivity index (χ4n) is 2.05. The standard InChI is InChI=1S/C17H14FN3OS/c1-12(22)19-16-8-7-13(11-15(16)18)21-10-9-17(20-21)23-14-5-3-2-4-6-14/h2-11H,1H3,(H,19,22). The summed E-state index contributed by atoms with van der Waals surface area (Å²) in [5, 5.41) is 7.70. The molecule has 0 bridgehead atoms. The molecule has 0 saturated heterocycles. The second-order valence-corrected chi connectivity index (χ2v) is 5.95. The number of benzene rings is 2. The SMILES string of the molecule is CC(=O)Nc1ccc(-n2ccc(Sc3ccccc3)n2)cc1F. The Morgan fingerprint density at radius 3 is 2.65 bits per heavy atom. The molecular formula is C17H14FN3OS. The number of nitrogens with zero attached hydrogens (tertiary/aromatic N) is 2. The number of rotatable bonds is 4. The van der Waals surface area contributed by atoms with Gasteiger partial charge in [0.1, 0.15) is 10.8 Å². The van der Waals surface area contributed by atoms with Crippen LogP contribution in [-0.2, 0) is 4.79 Å². The van der Waals surface area contributed by atoms with Gasteiger partial charge in [0.2, 0.25) is 5.91 Å². The number of hydrogen-bond donors (Lipinski definition) is 1. The van der Waals surface area contributed by atoms with E-state index in [2.05, 4.69) is 10.4 Å². The molecule has 0 spiro atoms. The third-order valence-electron chi connectivity index (χ3n) is 3.06. The minimum atomic E-state index is -0.495. The molecule has 4 nitrogen and oxygen atoms in total. The Morgan fingerprint density at radius 1 is 1.17 bits per heavy atom. The molecule has 0 aliphatic rings. The van der Waals surface area contributed by atoms with Crippen LogP contribution in [0.25, 0.3) is 5.69 Å². The molecule has 3 rings (SSSR count). The zero-order valence-corrected chi connectivity index (χ0v) is 13.2. The van der Waals surface area contributed by atoms with Crippen molar-refractivity contribution in [1.82, 2.24) is 9.78 Å². The van der Waals surface area contributed by atoms with Gasteiger partial charge in [-0.15, -0.1) is 0 Å². The van der Waals surface area contributed by atoms with Crippen LogP contribution in [-0.4, -0.2) is 15.7 Å². The first-order valence-electron chi connectivity index (χ1n) is 6.98. The molecule has 0 atom stereocenters. The second-order valence-electron chi connectivity index (χ2n) is 4.86. The van der Waals surface area contributed by atoms with E-state index in [1.807, 2.05) is 36.4 Å². The van der Waals surface area contributed by atoms with Crippen molar-refractivity contribution in [2.24, 2.45) is 0 Å². The quantitative estimate of drug-likeness (QED) is 0.784. The summed E-state index contributed by atoms with van der Waals surface area (Å²) in [6.07, 6.45) is 1.78. The van der Waals surface area contributed by atoms with Gasteiger partial charge in [0.15, 0.2) is 0 Å². The Labute approximate surface area is 137 Å². The summed E-state index contributed by atoms with van der Waals surface area (Å²) in [5.74, 6) is -0.803. The number of anilines is 1. The highest BCUT2D eigenvalue weighted by Gasteiger charge is 2.08. The molecule has 1 N–H and O–H groups in total. The van der Waals surface area contributed by atoms with E-state index >= 15 is 0 Å². The van der Waals surface area contributed by atoms with Crippen molar-refractivity contribution in [3.8, 4) is 5.69 Å². The molecule has 0 saturated carbocycles. The molecule has 1 heterocycles. The van der Waals surface area contributed by atoms with Gasteiger partial charge in [0.05, 0.1) is 11.4 Å². The predicted molar refractivity (Wildman–Crippen MR) is 88.4 cm³/mol. The molecule has 0 fully saturated rings. The fourth-order valence-corrected chi connectivity index (χ4v) is 2.84. The molecule has 1 amide bonds. The molecule has 2 aromatic carbocycles. The summed E-state index contributed by atoms with van der Waals surface area (Å²) in [6, 6.07) is 16.4. The Kier molecular flexibility index (Phi) is 4.43. The summed E-state index contributed by atoms with van der Waals surface area (Å²) in [4.78, 5) is 12.1. The molecule has 0 unspecified atom stereocenters. The molecule has 23 heavy (non-hydrogen) atoms. The zero-order valence-electron chi connectivity index (χ0n) is 12.4. The number of carbonyl (C=O) groups excluding carboxylic acids is 1. The van der Waals surface area contributed by atoms with Crippen LogP contribution < -0.4 is 5.32 Å². The number of hydrogen-bond acceptors (Lipinski definition) is 3. The lowest BCUT2D eigenvalue weighted by atomic mass is 10.2. The maximum absolute atomic E-state index is 14.0. The summed E-state index contributed by atoms with van der Waals surface area (Å²) in [6.45, 7) is 1.34. The van der Waals surface area contributed by atoms with Crippen LogP contribution in [0.15, 0.2) is 70.7 Å². The van der Waals surface area contributed by atoms with Gasteiger partial charge < -0.3 is 5.32 Å². The van der Waals surface area contributed by atoms with Gasteiger partial charge in [-0.05, 0) is 30.3 Å². The Hall–Kier alpha value is -2.60. The van der Waals surface area contributed by atoms with Gasteiger partial charge >= 0.3 is 0 Å². The Morgan fingerprint density at radius 2 is 1.96 bits per heavy atom. The molecule has 116 valence electrons. The smallest absolute Gasteiger partial charge is 0.221 e. The normalized spacial score (nSPS) is 10.5. The van der Waals surface area contributed by atoms with Gasteiger partial charge in [0.25, 0.3) is 0 Å². The first kappa shape index (κ1) is 15.3. The van der Waals surface area contributed by atoms with Crippen LogP contribution in [0, 0.1) is 5.82 Å². The Bertz CT molecular complexity index is 833. The zero-order chi connectivity index (χ0) is 16.2. The number of carbonyl (C=O) groups is 1. The van der Waals surface area contributed by atoms with Crippen molar-refractivity contribution >= 4 is 23.4 Å². The van der Waals surface area contributed by atoms with Crippen molar-refractivity contribution in [2.75, 3.05) is 5.32 Å². The number of halogens is 1. The lowest BCUT2D eigenvalue weighted by Crippen LogP contribution is -2.08. The van der Waals surface area contributed by atoms with Crippen LogP contribution in [0.4, 0.5) is 10.1 Å². The predicted octanol–water partition coefficient (Wildman–Crippen LogP) is 4.12. The van der Waals surface area contributed by atoms with Crippen molar-refractivity contribution in [1.29, 1.82) is 0 Å². The lowest BCUT2D eigenvalue weighted by molar-refractivity contribution is -0.114. The average Bonchev–Trinajstić information content (AvgIpc) is 2.98. The van der Waals surface area contributed by atoms with E-state index in [0.29, 0.717) is 5.69 Å². The maximum atomic E-state index is 14.0. The topological polar surface area (TPSA) is 46.9 Å². The number of aromatic nitrogens is 2. The molecule has 0 aliphatic heterocycles. The third kappa shape index (κ3) is 3.78. The maximum Gasteiger partial charge on any atom is 0.221 e. The van der Waals surface area contributed by atoms with Crippen LogP contribution in [0.2, 0.25) is 0 Å². The van der Waals surface area contributed by atoms with Crippen LogP contribution in [0.1, 0.15) is 6.92 Å². The van der Waals surface area contributed by atoms with E-state index in [1.54, 1.807) is 16.9 Å². The lowest BCUT2D eigenvalue weighted by Gasteiger charge is -2.06.